The smallest absolute Gasteiger partial charge is 0.251 e. The first kappa shape index (κ1) is 14.3. The van der Waals surface area contributed by atoms with Gasteiger partial charge in [0.15, 0.2) is 0 Å². The maximum atomic E-state index is 12.1. The third kappa shape index (κ3) is 3.68. The Bertz CT molecular complexity index is 591. The van der Waals surface area contributed by atoms with E-state index in [1.165, 1.54) is 6.92 Å². The third-order valence-corrected chi connectivity index (χ3v) is 3.84. The maximum absolute atomic E-state index is 12.1. The Morgan fingerprint density at radius 2 is 1.85 bits per heavy atom. The molecular formula is C15H16N2O2S. The minimum atomic E-state index is -0.131. The molecule has 20 heavy (non-hydrogen) atoms. The molecule has 0 bridgehead atoms. The molecule has 1 aromatic carbocycles. The van der Waals surface area contributed by atoms with Crippen LogP contribution in [0.2, 0.25) is 0 Å². The quantitative estimate of drug-likeness (QED) is 0.907. The summed E-state index contributed by atoms with van der Waals surface area (Å²) in [5.41, 5.74) is 1.25. The predicted molar refractivity (Wildman–Crippen MR) is 80.9 cm³/mol. The molecule has 0 radical (unpaired) electrons. The average Bonchev–Trinajstić information content (AvgIpc) is 2.92. The molecule has 1 heterocycles. The molecule has 5 heteroatoms. The van der Waals surface area contributed by atoms with Crippen LogP contribution in [0, 0.1) is 0 Å². The van der Waals surface area contributed by atoms with Crippen LogP contribution in [-0.4, -0.2) is 11.8 Å². The van der Waals surface area contributed by atoms with Crippen molar-refractivity contribution in [3.05, 3.63) is 52.2 Å². The minimum absolute atomic E-state index is 0.0162. The van der Waals surface area contributed by atoms with Gasteiger partial charge < -0.3 is 10.6 Å². The minimum Gasteiger partial charge on any atom is -0.345 e. The zero-order chi connectivity index (χ0) is 14.5. The summed E-state index contributed by atoms with van der Waals surface area (Å²) in [6, 6.07) is 10.8. The highest BCUT2D eigenvalue weighted by Gasteiger charge is 2.12. The fourth-order valence-corrected chi connectivity index (χ4v) is 2.53. The van der Waals surface area contributed by atoms with E-state index < -0.39 is 0 Å². The van der Waals surface area contributed by atoms with Gasteiger partial charge in [0.2, 0.25) is 5.91 Å². The van der Waals surface area contributed by atoms with E-state index in [2.05, 4.69) is 10.6 Å². The largest absolute Gasteiger partial charge is 0.345 e. The van der Waals surface area contributed by atoms with Gasteiger partial charge in [0.1, 0.15) is 0 Å². The van der Waals surface area contributed by atoms with Gasteiger partial charge in [-0.2, -0.15) is 0 Å². The summed E-state index contributed by atoms with van der Waals surface area (Å²) in [6.45, 7) is 3.40. The lowest BCUT2D eigenvalue weighted by Crippen LogP contribution is -2.26. The molecular weight excluding hydrogens is 272 g/mol. The summed E-state index contributed by atoms with van der Waals surface area (Å²) < 4.78 is 0. The lowest BCUT2D eigenvalue weighted by molar-refractivity contribution is -0.114. The summed E-state index contributed by atoms with van der Waals surface area (Å²) in [4.78, 5) is 24.1. The van der Waals surface area contributed by atoms with Crippen LogP contribution in [0.5, 0.6) is 0 Å². The Kier molecular flexibility index (Phi) is 4.53. The highest BCUT2D eigenvalue weighted by molar-refractivity contribution is 7.10. The number of thiophene rings is 1. The second-order valence-electron chi connectivity index (χ2n) is 4.47. The van der Waals surface area contributed by atoms with Crippen LogP contribution in [0.3, 0.4) is 0 Å². The molecule has 2 N–H and O–H groups in total. The lowest BCUT2D eigenvalue weighted by Gasteiger charge is -2.12. The molecule has 104 valence electrons. The van der Waals surface area contributed by atoms with Crippen LogP contribution in [0.1, 0.15) is 35.1 Å². The normalized spacial score (nSPS) is 11.7. The monoisotopic (exact) mass is 288 g/mol. The van der Waals surface area contributed by atoms with Crippen molar-refractivity contribution in [2.45, 2.75) is 19.9 Å². The van der Waals surface area contributed by atoms with E-state index in [-0.39, 0.29) is 17.9 Å². The van der Waals surface area contributed by atoms with Crippen molar-refractivity contribution < 1.29 is 9.59 Å². The van der Waals surface area contributed by atoms with Crippen molar-refractivity contribution in [1.82, 2.24) is 5.32 Å². The first-order valence-corrected chi connectivity index (χ1v) is 7.16. The van der Waals surface area contributed by atoms with Gasteiger partial charge in [-0.25, -0.2) is 0 Å². The molecule has 0 spiro atoms. The number of hydrogen-bond acceptors (Lipinski definition) is 3. The van der Waals surface area contributed by atoms with E-state index in [0.717, 1.165) is 4.88 Å². The molecule has 1 unspecified atom stereocenters. The highest BCUT2D eigenvalue weighted by atomic mass is 32.1. The molecule has 4 nitrogen and oxygen atoms in total. The van der Waals surface area contributed by atoms with Crippen molar-refractivity contribution in [2.75, 3.05) is 5.32 Å². The van der Waals surface area contributed by atoms with Gasteiger partial charge in [0, 0.05) is 23.1 Å². The predicted octanol–water partition coefficient (Wildman–Crippen LogP) is 3.20. The van der Waals surface area contributed by atoms with Crippen LogP contribution >= 0.6 is 11.3 Å². The maximum Gasteiger partial charge on any atom is 0.251 e. The Morgan fingerprint density at radius 1 is 1.15 bits per heavy atom. The molecule has 0 fully saturated rings. The Labute approximate surface area is 121 Å². The van der Waals surface area contributed by atoms with Gasteiger partial charge in [-0.05, 0) is 42.6 Å². The first-order chi connectivity index (χ1) is 9.56. The average molecular weight is 288 g/mol. The van der Waals surface area contributed by atoms with Gasteiger partial charge in [-0.15, -0.1) is 11.3 Å². The summed E-state index contributed by atoms with van der Waals surface area (Å²) in [7, 11) is 0. The third-order valence-electron chi connectivity index (χ3n) is 2.79. The van der Waals surface area contributed by atoms with Gasteiger partial charge in [-0.1, -0.05) is 6.07 Å². The van der Waals surface area contributed by atoms with Crippen molar-refractivity contribution >= 4 is 28.8 Å². The Hall–Kier alpha value is -2.14. The van der Waals surface area contributed by atoms with Gasteiger partial charge >= 0.3 is 0 Å². The van der Waals surface area contributed by atoms with E-state index >= 15 is 0 Å². The summed E-state index contributed by atoms with van der Waals surface area (Å²) in [5, 5.41) is 7.59. The van der Waals surface area contributed by atoms with Crippen LogP contribution < -0.4 is 10.6 Å². The van der Waals surface area contributed by atoms with Crippen LogP contribution in [0.15, 0.2) is 41.8 Å². The van der Waals surface area contributed by atoms with E-state index in [0.29, 0.717) is 11.3 Å². The van der Waals surface area contributed by atoms with Crippen LogP contribution in [0.4, 0.5) is 5.69 Å². The Balaban J connectivity index is 2.00. The number of amides is 2. The van der Waals surface area contributed by atoms with Gasteiger partial charge in [0.25, 0.3) is 5.91 Å². The highest BCUT2D eigenvalue weighted by Crippen LogP contribution is 2.19. The molecule has 0 saturated heterocycles. The number of anilines is 1. The van der Waals surface area contributed by atoms with E-state index in [1.807, 2.05) is 24.4 Å². The van der Waals surface area contributed by atoms with Crippen LogP contribution in [-0.2, 0) is 4.79 Å². The molecule has 0 aliphatic rings. The van der Waals surface area contributed by atoms with E-state index in [1.54, 1.807) is 35.6 Å². The zero-order valence-corrected chi connectivity index (χ0v) is 12.2. The number of carbonyl (C=O) groups is 2. The molecule has 0 saturated carbocycles. The molecule has 1 atom stereocenters. The second-order valence-corrected chi connectivity index (χ2v) is 5.45. The SMILES string of the molecule is CC(=O)Nc1ccc(C(=O)NC(C)c2cccs2)cc1. The fraction of sp³-hybridized carbons (Fsp3) is 0.200. The molecule has 2 amide bonds. The van der Waals surface area contributed by atoms with Crippen molar-refractivity contribution in [2.24, 2.45) is 0 Å². The lowest BCUT2D eigenvalue weighted by atomic mass is 10.1. The van der Waals surface area contributed by atoms with Crippen molar-refractivity contribution in [3.63, 3.8) is 0 Å². The van der Waals surface area contributed by atoms with E-state index in [4.69, 9.17) is 0 Å². The van der Waals surface area contributed by atoms with Crippen molar-refractivity contribution in [3.8, 4) is 0 Å². The summed E-state index contributed by atoms with van der Waals surface area (Å²) in [6.07, 6.45) is 0. The Morgan fingerprint density at radius 3 is 2.40 bits per heavy atom. The summed E-state index contributed by atoms with van der Waals surface area (Å²) >= 11 is 1.62. The standard InChI is InChI=1S/C15H16N2O2S/c1-10(14-4-3-9-20-14)16-15(19)12-5-7-13(8-6-12)17-11(2)18/h3-10H,1-2H3,(H,16,19)(H,17,18). The van der Waals surface area contributed by atoms with E-state index in [9.17, 15) is 9.59 Å². The number of hydrogen-bond donors (Lipinski definition) is 2. The zero-order valence-electron chi connectivity index (χ0n) is 11.3. The second kappa shape index (κ2) is 6.34. The molecule has 0 aliphatic heterocycles. The molecule has 2 rings (SSSR count). The van der Waals surface area contributed by atoms with Gasteiger partial charge in [-0.3, -0.25) is 9.59 Å². The first-order valence-electron chi connectivity index (χ1n) is 6.28. The van der Waals surface area contributed by atoms with Crippen LogP contribution in [0.25, 0.3) is 0 Å². The fourth-order valence-electron chi connectivity index (χ4n) is 1.80. The molecule has 0 aliphatic carbocycles. The molecule has 1 aromatic heterocycles. The van der Waals surface area contributed by atoms with Crippen molar-refractivity contribution in [1.29, 1.82) is 0 Å². The number of carbonyl (C=O) groups excluding carboxylic acids is 2. The topological polar surface area (TPSA) is 58.2 Å². The summed E-state index contributed by atoms with van der Waals surface area (Å²) in [5.74, 6) is -0.256. The number of nitrogens with one attached hydrogen (secondary N) is 2. The number of benzene rings is 1. The molecule has 2 aromatic rings. The number of rotatable bonds is 4. The van der Waals surface area contributed by atoms with Gasteiger partial charge in [0.05, 0.1) is 6.04 Å².